The Bertz CT molecular complexity index is 1280. The second-order valence-corrected chi connectivity index (χ2v) is 8.73. The number of aromatic nitrogens is 3. The molecule has 0 unspecified atom stereocenters. The largest absolute Gasteiger partial charge is 0.493 e. The molecule has 0 aliphatic heterocycles. The molecule has 4 aromatic rings. The average Bonchev–Trinajstić information content (AvgIpc) is 3.29. The molecule has 35 heavy (non-hydrogen) atoms. The molecule has 1 N–H and O–H groups in total. The fourth-order valence-corrected chi connectivity index (χ4v) is 3.89. The van der Waals surface area contributed by atoms with Gasteiger partial charge in [0.25, 0.3) is 0 Å². The van der Waals surface area contributed by atoms with Gasteiger partial charge in [0, 0.05) is 36.4 Å². The number of ether oxygens (including phenoxy) is 1. The van der Waals surface area contributed by atoms with E-state index in [1.54, 1.807) is 18.6 Å². The van der Waals surface area contributed by atoms with Crippen LogP contribution < -0.4 is 4.74 Å². The third kappa shape index (κ3) is 6.12. The van der Waals surface area contributed by atoms with Crippen LogP contribution in [-0.2, 0) is 17.6 Å². The summed E-state index contributed by atoms with van der Waals surface area (Å²) >= 11 is 0. The topological polar surface area (TPSA) is 98.3 Å². The average molecular weight is 472 g/mol. The van der Waals surface area contributed by atoms with Gasteiger partial charge in [0.1, 0.15) is 11.5 Å². The standard InChI is InChI=1S/C28H29N3O4/c1-18(2)27-25(12-15-34-23-10-8-20(19(3)16-23)9-11-26(32)33)35-28(31-27)22-6-4-21(5-7-22)24-17-29-13-14-30-24/h4-8,10,13-14,16-18H,9,11-12,15H2,1-3H3,(H,32,33). The highest BCUT2D eigenvalue weighted by Crippen LogP contribution is 2.29. The van der Waals surface area contributed by atoms with Gasteiger partial charge in [-0.1, -0.05) is 32.0 Å². The monoisotopic (exact) mass is 471 g/mol. The van der Waals surface area contributed by atoms with E-state index >= 15 is 0 Å². The number of rotatable bonds is 10. The zero-order valence-corrected chi connectivity index (χ0v) is 20.2. The van der Waals surface area contributed by atoms with Crippen molar-refractivity contribution in [2.24, 2.45) is 0 Å². The van der Waals surface area contributed by atoms with E-state index in [0.717, 1.165) is 45.2 Å². The summed E-state index contributed by atoms with van der Waals surface area (Å²) in [7, 11) is 0. The van der Waals surface area contributed by atoms with E-state index in [0.29, 0.717) is 25.3 Å². The number of benzene rings is 2. The molecular weight excluding hydrogens is 442 g/mol. The SMILES string of the molecule is Cc1cc(OCCc2oc(-c3ccc(-c4cnccn4)cc3)nc2C(C)C)ccc1CCC(=O)O. The Balaban J connectivity index is 1.43. The molecule has 0 bridgehead atoms. The van der Waals surface area contributed by atoms with Gasteiger partial charge in [-0.05, 0) is 54.7 Å². The summed E-state index contributed by atoms with van der Waals surface area (Å²) in [4.78, 5) is 24.1. The highest BCUT2D eigenvalue weighted by molar-refractivity contribution is 5.67. The number of carbonyl (C=O) groups is 1. The molecule has 180 valence electrons. The number of hydrogen-bond acceptors (Lipinski definition) is 6. The predicted molar refractivity (Wildman–Crippen MR) is 133 cm³/mol. The van der Waals surface area contributed by atoms with Crippen LogP contribution in [0.25, 0.3) is 22.7 Å². The summed E-state index contributed by atoms with van der Waals surface area (Å²) < 4.78 is 12.1. The Hall–Kier alpha value is -4.00. The summed E-state index contributed by atoms with van der Waals surface area (Å²) in [6.07, 6.45) is 6.30. The van der Waals surface area contributed by atoms with Gasteiger partial charge >= 0.3 is 5.97 Å². The van der Waals surface area contributed by atoms with E-state index in [2.05, 4.69) is 23.8 Å². The first kappa shape index (κ1) is 24.1. The summed E-state index contributed by atoms with van der Waals surface area (Å²) in [5.41, 5.74) is 5.68. The predicted octanol–water partition coefficient (Wildman–Crippen LogP) is 5.87. The molecule has 2 aromatic carbocycles. The van der Waals surface area contributed by atoms with Gasteiger partial charge in [-0.2, -0.15) is 0 Å². The molecule has 4 rings (SSSR count). The summed E-state index contributed by atoms with van der Waals surface area (Å²) in [5, 5.41) is 8.90. The van der Waals surface area contributed by atoms with Crippen LogP contribution in [0, 0.1) is 6.92 Å². The normalized spacial score (nSPS) is 11.1. The summed E-state index contributed by atoms with van der Waals surface area (Å²) in [5.74, 6) is 1.60. The van der Waals surface area contributed by atoms with Crippen molar-refractivity contribution in [3.05, 3.63) is 83.6 Å². The van der Waals surface area contributed by atoms with Crippen LogP contribution in [-0.4, -0.2) is 32.6 Å². The minimum absolute atomic E-state index is 0.121. The molecular formula is C28H29N3O4. The molecule has 0 saturated heterocycles. The molecule has 0 atom stereocenters. The van der Waals surface area contributed by atoms with Gasteiger partial charge in [0.15, 0.2) is 0 Å². The molecule has 0 spiro atoms. The number of oxazole rings is 1. The van der Waals surface area contributed by atoms with Crippen LogP contribution in [0.3, 0.4) is 0 Å². The molecule has 0 radical (unpaired) electrons. The zero-order chi connectivity index (χ0) is 24.8. The number of carboxylic acid groups (broad SMARTS) is 1. The first-order chi connectivity index (χ1) is 16.9. The van der Waals surface area contributed by atoms with Crippen molar-refractivity contribution in [3.63, 3.8) is 0 Å². The Morgan fingerprint density at radius 2 is 1.83 bits per heavy atom. The van der Waals surface area contributed by atoms with Crippen molar-refractivity contribution in [1.29, 1.82) is 0 Å². The van der Waals surface area contributed by atoms with Crippen LogP contribution in [0.4, 0.5) is 0 Å². The third-order valence-corrected chi connectivity index (χ3v) is 5.79. The van der Waals surface area contributed by atoms with Gasteiger partial charge in [-0.25, -0.2) is 4.98 Å². The van der Waals surface area contributed by atoms with Gasteiger partial charge in [-0.3, -0.25) is 14.8 Å². The Labute approximate surface area is 204 Å². The lowest BCUT2D eigenvalue weighted by atomic mass is 10.0. The Morgan fingerprint density at radius 3 is 2.49 bits per heavy atom. The lowest BCUT2D eigenvalue weighted by molar-refractivity contribution is -0.136. The molecule has 0 amide bonds. The first-order valence-corrected chi connectivity index (χ1v) is 11.7. The van der Waals surface area contributed by atoms with E-state index in [9.17, 15) is 4.79 Å². The number of carboxylic acids is 1. The van der Waals surface area contributed by atoms with E-state index in [4.69, 9.17) is 19.2 Å². The number of aliphatic carboxylic acids is 1. The van der Waals surface area contributed by atoms with Gasteiger partial charge < -0.3 is 14.3 Å². The minimum atomic E-state index is -0.793. The third-order valence-electron chi connectivity index (χ3n) is 5.79. The molecule has 0 aliphatic carbocycles. The van der Waals surface area contributed by atoms with Crippen molar-refractivity contribution in [2.75, 3.05) is 6.61 Å². The van der Waals surface area contributed by atoms with Crippen LogP contribution in [0.2, 0.25) is 0 Å². The van der Waals surface area contributed by atoms with Gasteiger partial charge in [-0.15, -0.1) is 0 Å². The van der Waals surface area contributed by atoms with E-state index < -0.39 is 5.97 Å². The molecule has 7 heteroatoms. The molecule has 0 saturated carbocycles. The van der Waals surface area contributed by atoms with Crippen LogP contribution in [0.5, 0.6) is 5.75 Å². The molecule has 2 heterocycles. The fraction of sp³-hybridized carbons (Fsp3) is 0.286. The van der Waals surface area contributed by atoms with E-state index in [-0.39, 0.29) is 12.3 Å². The maximum atomic E-state index is 10.8. The number of hydrogen-bond donors (Lipinski definition) is 1. The van der Waals surface area contributed by atoms with Crippen molar-refractivity contribution in [2.45, 2.75) is 46.0 Å². The molecule has 7 nitrogen and oxygen atoms in total. The lowest BCUT2D eigenvalue weighted by Crippen LogP contribution is -2.04. The number of nitrogens with zero attached hydrogens (tertiary/aromatic N) is 3. The Morgan fingerprint density at radius 1 is 1.06 bits per heavy atom. The minimum Gasteiger partial charge on any atom is -0.493 e. The smallest absolute Gasteiger partial charge is 0.303 e. The van der Waals surface area contributed by atoms with E-state index in [1.807, 2.05) is 49.4 Å². The van der Waals surface area contributed by atoms with Crippen LogP contribution in [0.15, 0.2) is 65.5 Å². The molecule has 0 aliphatic rings. The van der Waals surface area contributed by atoms with Gasteiger partial charge in [0.05, 0.1) is 24.2 Å². The van der Waals surface area contributed by atoms with E-state index in [1.165, 1.54) is 0 Å². The maximum absolute atomic E-state index is 10.8. The van der Waals surface area contributed by atoms with Crippen molar-refractivity contribution in [3.8, 4) is 28.5 Å². The molecule has 2 aromatic heterocycles. The summed E-state index contributed by atoms with van der Waals surface area (Å²) in [6, 6.07) is 13.7. The fourth-order valence-electron chi connectivity index (χ4n) is 3.89. The molecule has 0 fully saturated rings. The second-order valence-electron chi connectivity index (χ2n) is 8.73. The number of aryl methyl sites for hydroxylation is 2. The Kier molecular flexibility index (Phi) is 7.55. The van der Waals surface area contributed by atoms with Crippen LogP contribution in [0.1, 0.15) is 48.8 Å². The van der Waals surface area contributed by atoms with Crippen molar-refractivity contribution >= 4 is 5.97 Å². The first-order valence-electron chi connectivity index (χ1n) is 11.7. The summed E-state index contributed by atoms with van der Waals surface area (Å²) in [6.45, 7) is 6.62. The highest BCUT2D eigenvalue weighted by Gasteiger charge is 2.18. The highest BCUT2D eigenvalue weighted by atomic mass is 16.5. The van der Waals surface area contributed by atoms with Crippen molar-refractivity contribution in [1.82, 2.24) is 15.0 Å². The van der Waals surface area contributed by atoms with Crippen LogP contribution >= 0.6 is 0 Å². The van der Waals surface area contributed by atoms with Gasteiger partial charge in [0.2, 0.25) is 5.89 Å². The quantitative estimate of drug-likeness (QED) is 0.309. The second kappa shape index (κ2) is 11.0. The lowest BCUT2D eigenvalue weighted by Gasteiger charge is -2.10. The maximum Gasteiger partial charge on any atom is 0.303 e. The zero-order valence-electron chi connectivity index (χ0n) is 20.2. The van der Waals surface area contributed by atoms with Crippen molar-refractivity contribution < 1.29 is 19.1 Å².